The summed E-state index contributed by atoms with van der Waals surface area (Å²) in [5.41, 5.74) is -2.15. The number of urea groups is 1. The van der Waals surface area contributed by atoms with Gasteiger partial charge in [0.05, 0.1) is 29.9 Å². The molecule has 0 radical (unpaired) electrons. The lowest BCUT2D eigenvalue weighted by atomic mass is 9.87. The SMILES string of the molecule is C[C@@H](O[C@H]1CCN(C(=O)N2CCC(N3CCCOC3=O)CC2)C[C@H]1c1ccccc1)c1cc(C(F)(F)F)cc(C(F)(F)F)c1. The van der Waals surface area contributed by atoms with Crippen LogP contribution in [-0.4, -0.2) is 78.3 Å². The van der Waals surface area contributed by atoms with Gasteiger partial charge in [0.25, 0.3) is 0 Å². The third-order valence-electron chi connectivity index (χ3n) is 8.69. The van der Waals surface area contributed by atoms with Gasteiger partial charge in [0.1, 0.15) is 0 Å². The molecule has 3 heterocycles. The van der Waals surface area contributed by atoms with E-state index >= 15 is 0 Å². The average Bonchev–Trinajstić information content (AvgIpc) is 3.00. The topological polar surface area (TPSA) is 62.3 Å². The standard InChI is InChI=1S/C31H35F6N3O4/c1-20(22-16-23(30(32,33)34)18-24(17-22)31(35,36)37)44-27-10-14-39(19-26(27)21-6-3-2-4-7-21)28(41)38-12-8-25(9-13-38)40-11-5-15-43-29(40)42/h2-4,6-7,16-18,20,25-27H,5,8-15,19H2,1H3/t20-,26+,27+/m1/s1. The van der Waals surface area contributed by atoms with E-state index < -0.39 is 35.7 Å². The van der Waals surface area contributed by atoms with Crippen molar-refractivity contribution in [3.8, 4) is 0 Å². The van der Waals surface area contributed by atoms with Gasteiger partial charge >= 0.3 is 24.5 Å². The number of piperidine rings is 2. The van der Waals surface area contributed by atoms with Crippen LogP contribution in [0, 0.1) is 0 Å². The van der Waals surface area contributed by atoms with Crippen molar-refractivity contribution in [1.29, 1.82) is 0 Å². The molecular weight excluding hydrogens is 592 g/mol. The van der Waals surface area contributed by atoms with Crippen molar-refractivity contribution in [2.45, 2.75) is 69.1 Å². The molecule has 3 saturated heterocycles. The Labute approximate surface area is 251 Å². The Bertz CT molecular complexity index is 1280. The van der Waals surface area contributed by atoms with Crippen LogP contribution in [-0.2, 0) is 21.8 Å². The van der Waals surface area contributed by atoms with Gasteiger partial charge < -0.3 is 24.2 Å². The molecule has 3 aliphatic rings. The van der Waals surface area contributed by atoms with Crippen LogP contribution >= 0.6 is 0 Å². The Hall–Kier alpha value is -3.48. The Morgan fingerprint density at radius 2 is 1.50 bits per heavy atom. The lowest BCUT2D eigenvalue weighted by Crippen LogP contribution is -2.55. The van der Waals surface area contributed by atoms with Gasteiger partial charge in [-0.2, -0.15) is 26.3 Å². The summed E-state index contributed by atoms with van der Waals surface area (Å²) in [5, 5.41) is 0. The van der Waals surface area contributed by atoms with Crippen LogP contribution in [0.4, 0.5) is 35.9 Å². The molecule has 3 atom stereocenters. The lowest BCUT2D eigenvalue weighted by molar-refractivity contribution is -0.143. The predicted octanol–water partition coefficient (Wildman–Crippen LogP) is 7.09. The Balaban J connectivity index is 1.29. The van der Waals surface area contributed by atoms with Gasteiger partial charge in [-0.25, -0.2) is 9.59 Å². The van der Waals surface area contributed by atoms with Crippen molar-refractivity contribution in [2.75, 3.05) is 39.3 Å². The van der Waals surface area contributed by atoms with E-state index in [0.29, 0.717) is 64.2 Å². The molecule has 0 bridgehead atoms. The zero-order chi connectivity index (χ0) is 31.6. The molecule has 0 unspecified atom stereocenters. The van der Waals surface area contributed by atoms with E-state index in [4.69, 9.17) is 9.47 Å². The molecular formula is C31H35F6N3O4. The largest absolute Gasteiger partial charge is 0.449 e. The maximum Gasteiger partial charge on any atom is 0.416 e. The highest BCUT2D eigenvalue weighted by atomic mass is 19.4. The van der Waals surface area contributed by atoms with Crippen LogP contribution in [0.15, 0.2) is 48.5 Å². The van der Waals surface area contributed by atoms with Crippen LogP contribution < -0.4 is 0 Å². The fourth-order valence-corrected chi connectivity index (χ4v) is 6.31. The smallest absolute Gasteiger partial charge is 0.416 e. The minimum atomic E-state index is -4.96. The number of cyclic esters (lactones) is 1. The van der Waals surface area contributed by atoms with Gasteiger partial charge in [-0.1, -0.05) is 30.3 Å². The molecule has 3 aliphatic heterocycles. The third kappa shape index (κ3) is 7.24. The minimum absolute atomic E-state index is 0.0123. The van der Waals surface area contributed by atoms with Crippen LogP contribution in [0.1, 0.15) is 66.9 Å². The second kappa shape index (κ2) is 12.9. The van der Waals surface area contributed by atoms with E-state index in [9.17, 15) is 35.9 Å². The van der Waals surface area contributed by atoms with Crippen molar-refractivity contribution in [3.63, 3.8) is 0 Å². The fraction of sp³-hybridized carbons (Fsp3) is 0.548. The molecule has 0 aliphatic carbocycles. The van der Waals surface area contributed by atoms with Crippen molar-refractivity contribution in [1.82, 2.24) is 14.7 Å². The number of halogens is 6. The van der Waals surface area contributed by atoms with Crippen LogP contribution in [0.5, 0.6) is 0 Å². The molecule has 240 valence electrons. The summed E-state index contributed by atoms with van der Waals surface area (Å²) in [6.07, 6.45) is -9.47. The maximum absolute atomic E-state index is 13.6. The zero-order valence-corrected chi connectivity index (χ0v) is 24.2. The van der Waals surface area contributed by atoms with E-state index in [0.717, 1.165) is 12.0 Å². The van der Waals surface area contributed by atoms with Gasteiger partial charge in [0.2, 0.25) is 0 Å². The molecule has 2 aromatic rings. The van der Waals surface area contributed by atoms with Gasteiger partial charge in [-0.15, -0.1) is 0 Å². The molecule has 5 rings (SSSR count). The lowest BCUT2D eigenvalue weighted by Gasteiger charge is -2.44. The second-order valence-corrected chi connectivity index (χ2v) is 11.6. The van der Waals surface area contributed by atoms with Gasteiger partial charge in [0.15, 0.2) is 0 Å². The van der Waals surface area contributed by atoms with Gasteiger partial charge in [-0.3, -0.25) is 0 Å². The van der Waals surface area contributed by atoms with E-state index in [2.05, 4.69) is 0 Å². The minimum Gasteiger partial charge on any atom is -0.449 e. The van der Waals surface area contributed by atoms with Crippen molar-refractivity contribution in [2.24, 2.45) is 0 Å². The first kappa shape index (κ1) is 31.9. The highest BCUT2D eigenvalue weighted by Gasteiger charge is 2.40. The number of amides is 3. The van der Waals surface area contributed by atoms with Crippen molar-refractivity contribution < 1.29 is 45.4 Å². The number of hydrogen-bond donors (Lipinski definition) is 0. The first-order chi connectivity index (χ1) is 20.8. The number of rotatable bonds is 5. The van der Waals surface area contributed by atoms with Crippen LogP contribution in [0.3, 0.4) is 0 Å². The van der Waals surface area contributed by atoms with E-state index in [1.165, 1.54) is 6.92 Å². The number of likely N-dealkylation sites (tertiary alicyclic amines) is 2. The van der Waals surface area contributed by atoms with E-state index in [1.807, 2.05) is 30.3 Å². The zero-order valence-electron chi connectivity index (χ0n) is 24.2. The average molecular weight is 628 g/mol. The summed E-state index contributed by atoms with van der Waals surface area (Å²) < 4.78 is 92.2. The summed E-state index contributed by atoms with van der Waals surface area (Å²) in [5.74, 6) is -0.357. The Morgan fingerprint density at radius 1 is 0.886 bits per heavy atom. The molecule has 0 aromatic heterocycles. The quantitative estimate of drug-likeness (QED) is 0.333. The summed E-state index contributed by atoms with van der Waals surface area (Å²) in [6, 6.07) is 10.6. The molecule has 0 saturated carbocycles. The molecule has 7 nitrogen and oxygen atoms in total. The van der Waals surface area contributed by atoms with Gasteiger partial charge in [0, 0.05) is 44.7 Å². The number of benzene rings is 2. The fourth-order valence-electron chi connectivity index (χ4n) is 6.31. The summed E-state index contributed by atoms with van der Waals surface area (Å²) in [6.45, 7) is 4.05. The van der Waals surface area contributed by atoms with E-state index in [-0.39, 0.29) is 42.3 Å². The first-order valence-corrected chi connectivity index (χ1v) is 14.8. The molecule has 3 fully saturated rings. The number of nitrogens with zero attached hydrogens (tertiary/aromatic N) is 3. The molecule has 44 heavy (non-hydrogen) atoms. The maximum atomic E-state index is 13.6. The van der Waals surface area contributed by atoms with E-state index in [1.54, 1.807) is 14.7 Å². The molecule has 2 aromatic carbocycles. The monoisotopic (exact) mass is 627 g/mol. The van der Waals surface area contributed by atoms with Crippen molar-refractivity contribution >= 4 is 12.1 Å². The van der Waals surface area contributed by atoms with Crippen LogP contribution in [0.2, 0.25) is 0 Å². The number of hydrogen-bond acceptors (Lipinski definition) is 4. The normalized spacial score (nSPS) is 23.0. The number of ether oxygens (including phenoxy) is 2. The molecule has 13 heteroatoms. The third-order valence-corrected chi connectivity index (χ3v) is 8.69. The van der Waals surface area contributed by atoms with Crippen molar-refractivity contribution in [3.05, 3.63) is 70.8 Å². The second-order valence-electron chi connectivity index (χ2n) is 11.6. The Morgan fingerprint density at radius 3 is 2.09 bits per heavy atom. The van der Waals surface area contributed by atoms with Crippen LogP contribution in [0.25, 0.3) is 0 Å². The molecule has 3 amide bonds. The van der Waals surface area contributed by atoms with Gasteiger partial charge in [-0.05, 0) is 61.9 Å². The predicted molar refractivity (Wildman–Crippen MR) is 148 cm³/mol. The number of alkyl halides is 6. The summed E-state index contributed by atoms with van der Waals surface area (Å²) in [4.78, 5) is 31.0. The molecule has 0 spiro atoms. The highest BCUT2D eigenvalue weighted by Crippen LogP contribution is 2.40. The number of carbonyl (C=O) groups excluding carboxylic acids is 2. The Kier molecular flexibility index (Phi) is 9.33. The highest BCUT2D eigenvalue weighted by molar-refractivity contribution is 5.75. The summed E-state index contributed by atoms with van der Waals surface area (Å²) >= 11 is 0. The summed E-state index contributed by atoms with van der Waals surface area (Å²) in [7, 11) is 0. The molecule has 0 N–H and O–H groups in total. The number of carbonyl (C=O) groups is 2. The first-order valence-electron chi connectivity index (χ1n) is 14.8.